The van der Waals surface area contributed by atoms with Crippen LogP contribution in [-0.4, -0.2) is 34.2 Å². The van der Waals surface area contributed by atoms with Gasteiger partial charge in [0.1, 0.15) is 24.2 Å². The summed E-state index contributed by atoms with van der Waals surface area (Å²) in [6.45, 7) is 2.53. The molecule has 0 fully saturated rings. The van der Waals surface area contributed by atoms with E-state index in [4.69, 9.17) is 13.9 Å². The minimum Gasteiger partial charge on any atom is -0.494 e. The highest BCUT2D eigenvalue weighted by Crippen LogP contribution is 2.21. The first kappa shape index (κ1) is 17.2. The molecule has 0 bridgehead atoms. The highest BCUT2D eigenvalue weighted by Gasteiger charge is 2.15. The summed E-state index contributed by atoms with van der Waals surface area (Å²) in [6, 6.07) is 10.8. The van der Waals surface area contributed by atoms with Crippen LogP contribution in [0.15, 0.2) is 51.0 Å². The number of aromatic nitrogens is 2. The fourth-order valence-electron chi connectivity index (χ4n) is 2.16. The Balaban J connectivity index is 1.56. The first-order valence-corrected chi connectivity index (χ1v) is 8.69. The van der Waals surface area contributed by atoms with Gasteiger partial charge in [-0.2, -0.15) is 4.68 Å². The fraction of sp³-hybridized carbons (Fsp3) is 0.294. The molecule has 0 aliphatic heterocycles. The molecule has 132 valence electrons. The Hall–Kier alpha value is -2.58. The molecule has 1 atom stereocenters. The third-order valence-corrected chi connectivity index (χ3v) is 4.16. The topological polar surface area (TPSA) is 86.7 Å². The van der Waals surface area contributed by atoms with Crippen molar-refractivity contribution in [3.05, 3.63) is 52.3 Å². The molecule has 0 saturated carbocycles. The van der Waals surface area contributed by atoms with Crippen LogP contribution in [0.2, 0.25) is 0 Å². The first-order valence-electron chi connectivity index (χ1n) is 7.81. The Kier molecular flexibility index (Phi) is 5.52. The zero-order chi connectivity index (χ0) is 17.6. The summed E-state index contributed by atoms with van der Waals surface area (Å²) in [5.41, 5.74) is 0. The van der Waals surface area contributed by atoms with E-state index in [1.807, 2.05) is 24.4 Å². The number of thiophene rings is 1. The van der Waals surface area contributed by atoms with Gasteiger partial charge < -0.3 is 19.0 Å². The zero-order valence-corrected chi connectivity index (χ0v) is 14.4. The standard InChI is InChI=1S/C17H18N2O5S/c1-2-22-13-5-7-14(8-6-13)23-11-12(20)10-19-17(21)24-16(18-19)15-4-3-9-25-15/h3-9,12,20H,2,10-11H2,1H3. The van der Waals surface area contributed by atoms with E-state index < -0.39 is 11.9 Å². The number of aliphatic hydroxyl groups is 1. The minimum atomic E-state index is -0.898. The van der Waals surface area contributed by atoms with Crippen molar-refractivity contribution in [1.29, 1.82) is 0 Å². The highest BCUT2D eigenvalue weighted by atomic mass is 32.1. The normalized spacial score (nSPS) is 12.1. The van der Waals surface area contributed by atoms with Crippen LogP contribution in [-0.2, 0) is 6.54 Å². The molecule has 8 heteroatoms. The number of hydrogen-bond acceptors (Lipinski definition) is 7. The Morgan fingerprint density at radius 1 is 1.24 bits per heavy atom. The van der Waals surface area contributed by atoms with Crippen LogP contribution < -0.4 is 15.2 Å². The van der Waals surface area contributed by atoms with Gasteiger partial charge in [-0.05, 0) is 42.6 Å². The Morgan fingerprint density at radius 3 is 2.60 bits per heavy atom. The summed E-state index contributed by atoms with van der Waals surface area (Å²) in [4.78, 5) is 12.6. The Labute approximate surface area is 148 Å². The smallest absolute Gasteiger partial charge is 0.437 e. The van der Waals surface area contributed by atoms with Gasteiger partial charge in [0.2, 0.25) is 0 Å². The van der Waals surface area contributed by atoms with Gasteiger partial charge in [-0.1, -0.05) is 6.07 Å². The summed E-state index contributed by atoms with van der Waals surface area (Å²) < 4.78 is 17.1. The van der Waals surface area contributed by atoms with Crippen molar-refractivity contribution < 1.29 is 19.0 Å². The summed E-state index contributed by atoms with van der Waals surface area (Å²) in [7, 11) is 0. The Bertz CT molecular complexity index is 839. The first-order chi connectivity index (χ1) is 12.2. The van der Waals surface area contributed by atoms with Crippen LogP contribution in [0.25, 0.3) is 10.8 Å². The average Bonchev–Trinajstić information content (AvgIpc) is 3.25. The van der Waals surface area contributed by atoms with Crippen molar-refractivity contribution in [2.24, 2.45) is 0 Å². The quantitative estimate of drug-likeness (QED) is 0.662. The largest absolute Gasteiger partial charge is 0.494 e. The van der Waals surface area contributed by atoms with E-state index in [9.17, 15) is 9.90 Å². The van der Waals surface area contributed by atoms with E-state index in [1.165, 1.54) is 11.3 Å². The number of hydrogen-bond donors (Lipinski definition) is 1. The molecule has 0 amide bonds. The summed E-state index contributed by atoms with van der Waals surface area (Å²) >= 11 is 1.42. The maximum atomic E-state index is 11.8. The lowest BCUT2D eigenvalue weighted by molar-refractivity contribution is 0.0875. The second kappa shape index (κ2) is 8.00. The minimum absolute atomic E-state index is 0.00919. The Morgan fingerprint density at radius 2 is 1.96 bits per heavy atom. The van der Waals surface area contributed by atoms with Gasteiger partial charge in [-0.15, -0.1) is 16.4 Å². The van der Waals surface area contributed by atoms with Gasteiger partial charge in [0.15, 0.2) is 0 Å². The molecule has 3 rings (SSSR count). The van der Waals surface area contributed by atoms with Gasteiger partial charge in [0, 0.05) is 0 Å². The molecule has 1 unspecified atom stereocenters. The molecule has 1 aromatic carbocycles. The molecule has 0 saturated heterocycles. The monoisotopic (exact) mass is 362 g/mol. The maximum absolute atomic E-state index is 11.8. The van der Waals surface area contributed by atoms with Crippen LogP contribution >= 0.6 is 11.3 Å². The highest BCUT2D eigenvalue weighted by molar-refractivity contribution is 7.13. The van der Waals surface area contributed by atoms with Crippen molar-refractivity contribution >= 4 is 11.3 Å². The van der Waals surface area contributed by atoms with Gasteiger partial charge in [-0.3, -0.25) is 0 Å². The third-order valence-electron chi connectivity index (χ3n) is 3.30. The van der Waals surface area contributed by atoms with E-state index in [0.29, 0.717) is 12.4 Å². The van der Waals surface area contributed by atoms with Crippen LogP contribution in [0.3, 0.4) is 0 Å². The summed E-state index contributed by atoms with van der Waals surface area (Å²) in [6.07, 6.45) is -0.898. The molecule has 0 aliphatic carbocycles. The molecule has 2 heterocycles. The maximum Gasteiger partial charge on any atom is 0.437 e. The SMILES string of the molecule is CCOc1ccc(OCC(O)Cn2nc(-c3cccs3)oc2=O)cc1. The van der Waals surface area contributed by atoms with Gasteiger partial charge >= 0.3 is 5.76 Å². The lowest BCUT2D eigenvalue weighted by atomic mass is 10.3. The number of nitrogens with zero attached hydrogens (tertiary/aromatic N) is 2. The zero-order valence-electron chi connectivity index (χ0n) is 13.6. The van der Waals surface area contributed by atoms with E-state index in [-0.39, 0.29) is 19.0 Å². The molecule has 0 aliphatic rings. The molecule has 7 nitrogen and oxygen atoms in total. The molecular formula is C17H18N2O5S. The number of rotatable bonds is 8. The molecule has 1 N–H and O–H groups in total. The summed E-state index contributed by atoms with van der Waals surface area (Å²) in [5, 5.41) is 16.0. The lowest BCUT2D eigenvalue weighted by Gasteiger charge is -2.12. The second-order valence-electron chi connectivity index (χ2n) is 5.20. The van der Waals surface area contributed by atoms with Gasteiger partial charge in [0.05, 0.1) is 18.0 Å². The molecule has 25 heavy (non-hydrogen) atoms. The van der Waals surface area contributed by atoms with Crippen molar-refractivity contribution in [3.8, 4) is 22.3 Å². The average molecular weight is 362 g/mol. The van der Waals surface area contributed by atoms with Crippen LogP contribution in [0.5, 0.6) is 11.5 Å². The van der Waals surface area contributed by atoms with E-state index in [0.717, 1.165) is 15.3 Å². The van der Waals surface area contributed by atoms with Crippen LogP contribution in [0.1, 0.15) is 6.92 Å². The predicted molar refractivity (Wildman–Crippen MR) is 93.2 cm³/mol. The molecule has 3 aromatic rings. The van der Waals surface area contributed by atoms with Crippen molar-refractivity contribution in [2.75, 3.05) is 13.2 Å². The number of benzene rings is 1. The van der Waals surface area contributed by atoms with Crippen molar-refractivity contribution in [3.63, 3.8) is 0 Å². The fourth-order valence-corrected chi connectivity index (χ4v) is 2.81. The summed E-state index contributed by atoms with van der Waals surface area (Å²) in [5.74, 6) is 1.00. The molecule has 2 aromatic heterocycles. The van der Waals surface area contributed by atoms with Crippen molar-refractivity contribution in [1.82, 2.24) is 9.78 Å². The molecule has 0 radical (unpaired) electrons. The predicted octanol–water partition coefficient (Wildman–Crippen LogP) is 2.40. The van der Waals surface area contributed by atoms with Crippen LogP contribution in [0, 0.1) is 0 Å². The van der Waals surface area contributed by atoms with E-state index in [1.54, 1.807) is 24.3 Å². The number of ether oxygens (including phenoxy) is 2. The third kappa shape index (κ3) is 4.49. The van der Waals surface area contributed by atoms with Crippen LogP contribution in [0.4, 0.5) is 0 Å². The van der Waals surface area contributed by atoms with Crippen molar-refractivity contribution in [2.45, 2.75) is 19.6 Å². The van der Waals surface area contributed by atoms with E-state index in [2.05, 4.69) is 5.10 Å². The van der Waals surface area contributed by atoms with E-state index >= 15 is 0 Å². The lowest BCUT2D eigenvalue weighted by Crippen LogP contribution is -2.29. The van der Waals surface area contributed by atoms with Gasteiger partial charge in [0.25, 0.3) is 5.89 Å². The molecular weight excluding hydrogens is 344 g/mol. The van der Waals surface area contributed by atoms with Gasteiger partial charge in [-0.25, -0.2) is 4.79 Å². The second-order valence-corrected chi connectivity index (χ2v) is 6.15. The number of aliphatic hydroxyl groups excluding tert-OH is 1. The molecule has 0 spiro atoms.